The number of ether oxygens (including phenoxy) is 1. The monoisotopic (exact) mass is 292 g/mol. The molecule has 0 aliphatic rings. The number of phenolic OH excluding ortho intramolecular Hbond substituents is 2. The SMILES string of the molecule is CCOC(c1noc(-c2ccc(O)cc2O)n1)C(C)(C)C. The predicted molar refractivity (Wildman–Crippen MR) is 76.9 cm³/mol. The zero-order valence-corrected chi connectivity index (χ0v) is 12.6. The molecule has 21 heavy (non-hydrogen) atoms. The molecule has 114 valence electrons. The van der Waals surface area contributed by atoms with Gasteiger partial charge in [0.25, 0.3) is 5.89 Å². The van der Waals surface area contributed by atoms with Crippen molar-refractivity contribution in [1.29, 1.82) is 0 Å². The van der Waals surface area contributed by atoms with Gasteiger partial charge < -0.3 is 19.5 Å². The second-order valence-corrected chi connectivity index (χ2v) is 5.86. The van der Waals surface area contributed by atoms with Crippen molar-refractivity contribution in [3.05, 3.63) is 24.0 Å². The molecule has 0 saturated carbocycles. The number of phenols is 2. The van der Waals surface area contributed by atoms with Crippen molar-refractivity contribution in [2.75, 3.05) is 6.61 Å². The summed E-state index contributed by atoms with van der Waals surface area (Å²) in [6.07, 6.45) is -0.306. The number of hydrogen-bond donors (Lipinski definition) is 2. The Hall–Kier alpha value is -2.08. The van der Waals surface area contributed by atoms with Gasteiger partial charge in [0.2, 0.25) is 5.82 Å². The van der Waals surface area contributed by atoms with Gasteiger partial charge >= 0.3 is 0 Å². The third kappa shape index (κ3) is 3.33. The van der Waals surface area contributed by atoms with Crippen molar-refractivity contribution in [1.82, 2.24) is 10.1 Å². The van der Waals surface area contributed by atoms with E-state index in [0.717, 1.165) is 0 Å². The smallest absolute Gasteiger partial charge is 0.261 e. The van der Waals surface area contributed by atoms with Gasteiger partial charge in [0, 0.05) is 12.7 Å². The maximum absolute atomic E-state index is 9.84. The molecular formula is C15H20N2O4. The zero-order chi connectivity index (χ0) is 15.6. The minimum absolute atomic E-state index is 0.0297. The van der Waals surface area contributed by atoms with Crippen LogP contribution in [0.5, 0.6) is 11.5 Å². The fraction of sp³-hybridized carbons (Fsp3) is 0.467. The molecule has 0 saturated heterocycles. The summed E-state index contributed by atoms with van der Waals surface area (Å²) in [7, 11) is 0. The van der Waals surface area contributed by atoms with Gasteiger partial charge in [0.1, 0.15) is 17.6 Å². The molecule has 6 heteroatoms. The van der Waals surface area contributed by atoms with Crippen LogP contribution in [0.3, 0.4) is 0 Å². The first kappa shape index (κ1) is 15.3. The topological polar surface area (TPSA) is 88.6 Å². The second-order valence-electron chi connectivity index (χ2n) is 5.86. The zero-order valence-electron chi connectivity index (χ0n) is 12.6. The predicted octanol–water partition coefficient (Wildman–Crippen LogP) is 3.27. The summed E-state index contributed by atoms with van der Waals surface area (Å²) >= 11 is 0. The minimum Gasteiger partial charge on any atom is -0.508 e. The lowest BCUT2D eigenvalue weighted by molar-refractivity contribution is -0.0203. The van der Waals surface area contributed by atoms with Gasteiger partial charge in [-0.2, -0.15) is 4.98 Å². The fourth-order valence-electron chi connectivity index (χ4n) is 2.03. The molecule has 0 amide bonds. The Morgan fingerprint density at radius 2 is 2.00 bits per heavy atom. The van der Waals surface area contributed by atoms with Gasteiger partial charge in [-0.25, -0.2) is 0 Å². The summed E-state index contributed by atoms with van der Waals surface area (Å²) in [4.78, 5) is 4.31. The Morgan fingerprint density at radius 1 is 1.29 bits per heavy atom. The Kier molecular flexibility index (Phi) is 4.18. The Labute approximate surface area is 123 Å². The Bertz CT molecular complexity index is 616. The van der Waals surface area contributed by atoms with Crippen molar-refractivity contribution in [3.63, 3.8) is 0 Å². The van der Waals surface area contributed by atoms with Crippen molar-refractivity contribution < 1.29 is 19.5 Å². The molecule has 0 spiro atoms. The van der Waals surface area contributed by atoms with Crippen molar-refractivity contribution in [2.45, 2.75) is 33.8 Å². The van der Waals surface area contributed by atoms with Crippen LogP contribution in [-0.4, -0.2) is 27.0 Å². The summed E-state index contributed by atoms with van der Waals surface area (Å²) in [6.45, 7) is 8.53. The lowest BCUT2D eigenvalue weighted by Crippen LogP contribution is -2.22. The van der Waals surface area contributed by atoms with E-state index < -0.39 is 0 Å². The Balaban J connectivity index is 2.36. The molecule has 1 aromatic heterocycles. The molecule has 2 aromatic rings. The van der Waals surface area contributed by atoms with E-state index in [1.54, 1.807) is 0 Å². The van der Waals surface area contributed by atoms with E-state index in [-0.39, 0.29) is 28.9 Å². The molecule has 1 atom stereocenters. The fourth-order valence-corrected chi connectivity index (χ4v) is 2.03. The third-order valence-corrected chi connectivity index (χ3v) is 3.01. The normalized spacial score (nSPS) is 13.3. The molecule has 0 bridgehead atoms. The summed E-state index contributed by atoms with van der Waals surface area (Å²) in [6, 6.07) is 4.19. The van der Waals surface area contributed by atoms with Crippen LogP contribution in [0, 0.1) is 5.41 Å². The van der Waals surface area contributed by atoms with Gasteiger partial charge in [-0.15, -0.1) is 0 Å². The largest absolute Gasteiger partial charge is 0.508 e. The van der Waals surface area contributed by atoms with E-state index in [2.05, 4.69) is 10.1 Å². The molecule has 6 nitrogen and oxygen atoms in total. The number of nitrogens with zero attached hydrogens (tertiary/aromatic N) is 2. The molecule has 0 aliphatic heterocycles. The van der Waals surface area contributed by atoms with Crippen LogP contribution in [0.4, 0.5) is 0 Å². The summed E-state index contributed by atoms with van der Waals surface area (Å²) in [5.74, 6) is 0.482. The molecule has 2 rings (SSSR count). The van der Waals surface area contributed by atoms with Gasteiger partial charge in [0.15, 0.2) is 0 Å². The summed E-state index contributed by atoms with van der Waals surface area (Å²) in [5.41, 5.74) is 0.185. The first-order chi connectivity index (χ1) is 9.82. The van der Waals surface area contributed by atoms with Gasteiger partial charge in [-0.05, 0) is 24.5 Å². The Morgan fingerprint density at radius 3 is 2.57 bits per heavy atom. The summed E-state index contributed by atoms with van der Waals surface area (Å²) < 4.78 is 10.9. The highest BCUT2D eigenvalue weighted by molar-refractivity contribution is 5.63. The van der Waals surface area contributed by atoms with Crippen LogP contribution in [0.2, 0.25) is 0 Å². The molecule has 1 heterocycles. The van der Waals surface area contributed by atoms with Crippen molar-refractivity contribution in [3.8, 4) is 23.0 Å². The van der Waals surface area contributed by atoms with Crippen LogP contribution in [-0.2, 0) is 4.74 Å². The van der Waals surface area contributed by atoms with E-state index in [1.165, 1.54) is 18.2 Å². The molecule has 0 aliphatic carbocycles. The van der Waals surface area contributed by atoms with Crippen LogP contribution in [0.25, 0.3) is 11.5 Å². The molecular weight excluding hydrogens is 272 g/mol. The van der Waals surface area contributed by atoms with Crippen molar-refractivity contribution in [2.24, 2.45) is 5.41 Å². The first-order valence-electron chi connectivity index (χ1n) is 6.80. The van der Waals surface area contributed by atoms with Crippen LogP contribution in [0.1, 0.15) is 39.6 Å². The van der Waals surface area contributed by atoms with Crippen LogP contribution < -0.4 is 0 Å². The first-order valence-corrected chi connectivity index (χ1v) is 6.80. The minimum atomic E-state index is -0.306. The number of hydrogen-bond acceptors (Lipinski definition) is 6. The maximum Gasteiger partial charge on any atom is 0.261 e. The number of benzene rings is 1. The summed E-state index contributed by atoms with van der Waals surface area (Å²) in [5, 5.41) is 23.1. The molecule has 1 aromatic carbocycles. The van der Waals surface area contributed by atoms with E-state index in [0.29, 0.717) is 18.0 Å². The number of rotatable bonds is 4. The maximum atomic E-state index is 9.84. The molecule has 2 N–H and O–H groups in total. The molecule has 0 radical (unpaired) electrons. The standard InChI is InChI=1S/C15H20N2O4/c1-5-20-12(15(2,3)4)13-16-14(21-17-13)10-7-6-9(18)8-11(10)19/h6-8,12,18-19H,5H2,1-4H3. The lowest BCUT2D eigenvalue weighted by Gasteiger charge is -2.27. The van der Waals surface area contributed by atoms with E-state index in [1.807, 2.05) is 27.7 Å². The quantitative estimate of drug-likeness (QED) is 0.899. The van der Waals surface area contributed by atoms with Gasteiger partial charge in [-0.3, -0.25) is 0 Å². The van der Waals surface area contributed by atoms with E-state index in [4.69, 9.17) is 9.26 Å². The van der Waals surface area contributed by atoms with Gasteiger partial charge in [0.05, 0.1) is 5.56 Å². The second kappa shape index (κ2) is 5.73. The highest BCUT2D eigenvalue weighted by Gasteiger charge is 2.31. The highest BCUT2D eigenvalue weighted by Crippen LogP contribution is 2.36. The van der Waals surface area contributed by atoms with Gasteiger partial charge in [-0.1, -0.05) is 25.9 Å². The van der Waals surface area contributed by atoms with E-state index in [9.17, 15) is 10.2 Å². The van der Waals surface area contributed by atoms with Crippen LogP contribution >= 0.6 is 0 Å². The van der Waals surface area contributed by atoms with E-state index >= 15 is 0 Å². The molecule has 0 fully saturated rings. The lowest BCUT2D eigenvalue weighted by atomic mass is 9.88. The molecule has 1 unspecified atom stereocenters. The average molecular weight is 292 g/mol. The number of aromatic nitrogens is 2. The third-order valence-electron chi connectivity index (χ3n) is 3.01. The van der Waals surface area contributed by atoms with Crippen LogP contribution in [0.15, 0.2) is 22.7 Å². The number of aromatic hydroxyl groups is 2. The average Bonchev–Trinajstić information content (AvgIpc) is 2.83. The highest BCUT2D eigenvalue weighted by atomic mass is 16.5. The van der Waals surface area contributed by atoms with Crippen molar-refractivity contribution >= 4 is 0 Å².